The van der Waals surface area contributed by atoms with E-state index in [1.807, 2.05) is 49.4 Å². The van der Waals surface area contributed by atoms with Crippen LogP contribution in [0.25, 0.3) is 0 Å². The summed E-state index contributed by atoms with van der Waals surface area (Å²) in [4.78, 5) is 6.87. The fourth-order valence-electron chi connectivity index (χ4n) is 2.53. The Morgan fingerprint density at radius 3 is 2.35 bits per heavy atom. The average molecular weight is 352 g/mol. The predicted octanol–water partition coefficient (Wildman–Crippen LogP) is 3.77. The van der Waals surface area contributed by atoms with E-state index in [0.717, 1.165) is 29.3 Å². The highest BCUT2D eigenvalue weighted by atomic mass is 16.5. The summed E-state index contributed by atoms with van der Waals surface area (Å²) in [5, 5.41) is 3.36. The Bertz CT molecular complexity index is 736. The van der Waals surface area contributed by atoms with Crippen LogP contribution in [0.5, 0.6) is 0 Å². The second-order valence-electron chi connectivity index (χ2n) is 6.35. The molecule has 2 aromatic rings. The first kappa shape index (κ1) is 19.7. The molecule has 3 N–H and O–H groups in total. The van der Waals surface area contributed by atoms with E-state index in [4.69, 9.17) is 15.5 Å². The number of aliphatic imine (C=N–C) groups is 1. The van der Waals surface area contributed by atoms with E-state index in [2.05, 4.69) is 36.4 Å². The molecule has 0 aliphatic heterocycles. The van der Waals surface area contributed by atoms with Gasteiger partial charge in [0.1, 0.15) is 0 Å². The molecule has 0 aromatic heterocycles. The number of nitrogens with zero attached hydrogens (tertiary/aromatic N) is 2. The first-order valence-corrected chi connectivity index (χ1v) is 8.63. The van der Waals surface area contributed by atoms with Gasteiger partial charge in [-0.2, -0.15) is 0 Å². The van der Waals surface area contributed by atoms with Crippen molar-refractivity contribution in [2.75, 3.05) is 26.5 Å². The third kappa shape index (κ3) is 5.72. The molecule has 0 saturated carbocycles. The number of para-hydroxylation sites is 1. The monoisotopic (exact) mass is 352 g/mol. The van der Waals surface area contributed by atoms with Crippen molar-refractivity contribution in [3.05, 3.63) is 72.1 Å². The topological polar surface area (TPSA) is 62.9 Å². The van der Waals surface area contributed by atoms with Crippen LogP contribution in [0.15, 0.2) is 71.5 Å². The van der Waals surface area contributed by atoms with Crippen LogP contribution in [0.3, 0.4) is 0 Å². The summed E-state index contributed by atoms with van der Waals surface area (Å²) in [6.07, 6.45) is 1.33. The molecule has 0 unspecified atom stereocenters. The highest BCUT2D eigenvalue weighted by Crippen LogP contribution is 2.18. The molecule has 138 valence electrons. The van der Waals surface area contributed by atoms with Gasteiger partial charge in [0.15, 0.2) is 0 Å². The predicted molar refractivity (Wildman–Crippen MR) is 110 cm³/mol. The number of anilines is 1. The zero-order chi connectivity index (χ0) is 18.9. The second-order valence-corrected chi connectivity index (χ2v) is 6.35. The third-order valence-electron chi connectivity index (χ3n) is 3.92. The van der Waals surface area contributed by atoms with Crippen molar-refractivity contribution in [3.63, 3.8) is 0 Å². The summed E-state index contributed by atoms with van der Waals surface area (Å²) < 4.78 is 5.50. The van der Waals surface area contributed by atoms with E-state index < -0.39 is 0 Å². The van der Waals surface area contributed by atoms with Gasteiger partial charge in [-0.05, 0) is 50.8 Å². The lowest BCUT2D eigenvalue weighted by Crippen LogP contribution is -2.26. The van der Waals surface area contributed by atoms with Crippen LogP contribution in [0.4, 0.5) is 11.4 Å². The van der Waals surface area contributed by atoms with Crippen LogP contribution < -0.4 is 11.1 Å². The van der Waals surface area contributed by atoms with Gasteiger partial charge in [0.25, 0.3) is 0 Å². The maximum atomic E-state index is 5.90. The van der Waals surface area contributed by atoms with Crippen LogP contribution in [0.2, 0.25) is 0 Å². The molecule has 0 saturated heterocycles. The van der Waals surface area contributed by atoms with Crippen molar-refractivity contribution in [2.45, 2.75) is 19.6 Å². The number of nitrogens with two attached hydrogens (primary N) is 1. The van der Waals surface area contributed by atoms with Gasteiger partial charge in [0.05, 0.1) is 23.2 Å². The minimum Gasteiger partial charge on any atom is -0.403 e. The molecule has 1 atom stereocenters. The number of ether oxygens (including phenoxy) is 1. The van der Waals surface area contributed by atoms with Crippen molar-refractivity contribution < 1.29 is 4.74 Å². The second kappa shape index (κ2) is 9.75. The van der Waals surface area contributed by atoms with Crippen molar-refractivity contribution in [3.8, 4) is 0 Å². The number of hydrogen-bond donors (Lipinski definition) is 2. The highest BCUT2D eigenvalue weighted by Gasteiger charge is 2.16. The summed E-state index contributed by atoms with van der Waals surface area (Å²) in [6, 6.07) is 18.1. The fraction of sp³-hybridized carbons (Fsp3) is 0.286. The number of rotatable bonds is 8. The third-order valence-corrected chi connectivity index (χ3v) is 3.92. The molecular formula is C21H28N4O. The zero-order valence-corrected chi connectivity index (χ0v) is 15.9. The molecule has 0 bridgehead atoms. The van der Waals surface area contributed by atoms with Gasteiger partial charge in [0.2, 0.25) is 0 Å². The van der Waals surface area contributed by atoms with E-state index in [0.29, 0.717) is 0 Å². The van der Waals surface area contributed by atoms with E-state index in [1.165, 1.54) is 11.8 Å². The number of hydrogen-bond acceptors (Lipinski definition) is 5. The van der Waals surface area contributed by atoms with E-state index in [1.54, 1.807) is 7.11 Å². The van der Waals surface area contributed by atoms with Crippen molar-refractivity contribution in [2.24, 2.45) is 10.7 Å². The van der Waals surface area contributed by atoms with E-state index >= 15 is 0 Å². The van der Waals surface area contributed by atoms with Gasteiger partial charge >= 0.3 is 0 Å². The quantitative estimate of drug-likeness (QED) is 0.710. The molecule has 2 rings (SSSR count). The SMILES string of the molecule is CO[C@@H](C)C(=Nc1ccccc1)/C(=C\N)Nc1ccc(CN(C)C)cc1. The molecule has 26 heavy (non-hydrogen) atoms. The number of nitrogens with one attached hydrogen (secondary N) is 1. The minimum absolute atomic E-state index is 0.203. The molecule has 0 amide bonds. The molecule has 0 radical (unpaired) electrons. The van der Waals surface area contributed by atoms with Crippen molar-refractivity contribution in [1.29, 1.82) is 0 Å². The summed E-state index contributed by atoms with van der Waals surface area (Å²) >= 11 is 0. The maximum Gasteiger partial charge on any atom is 0.0984 e. The molecule has 0 heterocycles. The summed E-state index contributed by atoms with van der Waals surface area (Å²) in [5.41, 5.74) is 10.4. The molecule has 0 aliphatic rings. The highest BCUT2D eigenvalue weighted by molar-refractivity contribution is 6.06. The molecule has 0 aliphatic carbocycles. The molecule has 2 aromatic carbocycles. The molecule has 5 nitrogen and oxygen atoms in total. The van der Waals surface area contributed by atoms with Crippen LogP contribution in [0, 0.1) is 0 Å². The first-order chi connectivity index (χ1) is 12.5. The fourth-order valence-corrected chi connectivity index (χ4v) is 2.53. The Balaban J connectivity index is 2.24. The van der Waals surface area contributed by atoms with E-state index in [9.17, 15) is 0 Å². The standard InChI is InChI=1S/C21H28N4O/c1-16(26-4)21(24-18-8-6-5-7-9-18)20(14-22)23-19-12-10-17(11-13-19)15-25(2)3/h5-14,16,23H,15,22H2,1-4H3/b20-14+,24-21?/t16-/m0/s1. The Labute approximate surface area is 156 Å². The Morgan fingerprint density at radius 1 is 1.15 bits per heavy atom. The Hall–Kier alpha value is -2.63. The molecule has 5 heteroatoms. The van der Waals surface area contributed by atoms with Gasteiger partial charge < -0.3 is 20.7 Å². The van der Waals surface area contributed by atoms with Crippen LogP contribution >= 0.6 is 0 Å². The van der Waals surface area contributed by atoms with Gasteiger partial charge in [-0.25, -0.2) is 4.99 Å². The summed E-state index contributed by atoms with van der Waals surface area (Å²) in [6.45, 7) is 2.86. The largest absolute Gasteiger partial charge is 0.403 e. The Morgan fingerprint density at radius 2 is 1.81 bits per heavy atom. The normalized spacial score (nSPS) is 13.7. The summed E-state index contributed by atoms with van der Waals surface area (Å²) in [7, 11) is 5.77. The lowest BCUT2D eigenvalue weighted by Gasteiger charge is -2.18. The molecular weight excluding hydrogens is 324 g/mol. The van der Waals surface area contributed by atoms with Crippen molar-refractivity contribution in [1.82, 2.24) is 4.90 Å². The van der Waals surface area contributed by atoms with Crippen LogP contribution in [-0.2, 0) is 11.3 Å². The van der Waals surface area contributed by atoms with Gasteiger partial charge in [0, 0.05) is 25.5 Å². The lowest BCUT2D eigenvalue weighted by atomic mass is 10.1. The van der Waals surface area contributed by atoms with Gasteiger partial charge in [-0.1, -0.05) is 30.3 Å². The van der Waals surface area contributed by atoms with Crippen LogP contribution in [0.1, 0.15) is 12.5 Å². The smallest absolute Gasteiger partial charge is 0.0984 e. The van der Waals surface area contributed by atoms with Crippen molar-refractivity contribution >= 4 is 17.1 Å². The van der Waals surface area contributed by atoms with E-state index in [-0.39, 0.29) is 6.10 Å². The summed E-state index contributed by atoms with van der Waals surface area (Å²) in [5.74, 6) is 0. The Kier molecular flexibility index (Phi) is 7.38. The van der Waals surface area contributed by atoms with Gasteiger partial charge in [-0.3, -0.25) is 0 Å². The number of benzene rings is 2. The number of methoxy groups -OCH3 is 1. The minimum atomic E-state index is -0.203. The molecule has 0 spiro atoms. The van der Waals surface area contributed by atoms with Gasteiger partial charge in [-0.15, -0.1) is 0 Å². The molecule has 0 fully saturated rings. The lowest BCUT2D eigenvalue weighted by molar-refractivity contribution is 0.171. The first-order valence-electron chi connectivity index (χ1n) is 8.63. The van der Waals surface area contributed by atoms with Crippen LogP contribution in [-0.4, -0.2) is 37.9 Å². The average Bonchev–Trinajstić information content (AvgIpc) is 2.65. The zero-order valence-electron chi connectivity index (χ0n) is 15.9. The maximum absolute atomic E-state index is 5.90.